The van der Waals surface area contributed by atoms with Crippen LogP contribution in [0.2, 0.25) is 0 Å². The van der Waals surface area contributed by atoms with E-state index in [0.717, 1.165) is 28.2 Å². The van der Waals surface area contributed by atoms with E-state index in [4.69, 9.17) is 23.6 Å². The summed E-state index contributed by atoms with van der Waals surface area (Å²) in [5.74, 6) is 1.46. The maximum absolute atomic E-state index is 11.1. The van der Waals surface area contributed by atoms with Crippen LogP contribution < -0.4 is 9.47 Å². The van der Waals surface area contributed by atoms with Gasteiger partial charge in [0.2, 0.25) is 0 Å². The minimum absolute atomic E-state index is 0.0919. The molecule has 6 nitrogen and oxygen atoms in total. The number of hydrogen-bond acceptors (Lipinski definition) is 5. The van der Waals surface area contributed by atoms with Crippen LogP contribution in [0.5, 0.6) is 11.5 Å². The molecule has 0 saturated carbocycles. The second kappa shape index (κ2) is 10.5. The maximum atomic E-state index is 11.1. The molecule has 0 saturated heterocycles. The second-order valence-electron chi connectivity index (χ2n) is 6.97. The van der Waals surface area contributed by atoms with Crippen molar-refractivity contribution in [1.82, 2.24) is 0 Å². The average Bonchev–Trinajstić information content (AvgIpc) is 2.80. The zero-order chi connectivity index (χ0) is 22.3. The topological polar surface area (TPSA) is 74.2 Å². The van der Waals surface area contributed by atoms with Crippen LogP contribution >= 0.6 is 8.25 Å². The lowest BCUT2D eigenvalue weighted by molar-refractivity contribution is -0.0261. The smallest absolute Gasteiger partial charge is 0.497 e. The van der Waals surface area contributed by atoms with E-state index in [0.29, 0.717) is 0 Å². The van der Waals surface area contributed by atoms with Crippen LogP contribution in [-0.4, -0.2) is 31.8 Å². The second-order valence-corrected chi connectivity index (χ2v) is 7.66. The molecular formula is C24H26O6P+. The molecule has 0 aliphatic carbocycles. The van der Waals surface area contributed by atoms with Crippen molar-refractivity contribution < 1.29 is 28.2 Å². The van der Waals surface area contributed by atoms with Crippen LogP contribution in [0.15, 0.2) is 78.9 Å². The third-order valence-corrected chi connectivity index (χ3v) is 5.52. The van der Waals surface area contributed by atoms with Crippen LogP contribution in [0.3, 0.4) is 0 Å². The first-order valence-electron chi connectivity index (χ1n) is 9.81. The molecule has 1 N–H and O–H groups in total. The summed E-state index contributed by atoms with van der Waals surface area (Å²) in [6.45, 7) is 1.79. The predicted octanol–water partition coefficient (Wildman–Crippen LogP) is 5.07. The molecule has 0 radical (unpaired) electrons. The van der Waals surface area contributed by atoms with Crippen LogP contribution in [0.1, 0.15) is 23.6 Å². The van der Waals surface area contributed by atoms with Gasteiger partial charge in [-0.05, 0) is 47.9 Å². The number of methoxy groups -OCH3 is 2. The molecule has 3 aromatic carbocycles. The van der Waals surface area contributed by atoms with Crippen molar-refractivity contribution in [1.29, 1.82) is 0 Å². The van der Waals surface area contributed by atoms with Crippen LogP contribution in [-0.2, 0) is 19.4 Å². The van der Waals surface area contributed by atoms with E-state index in [2.05, 4.69) is 0 Å². The first kappa shape index (κ1) is 22.9. The molecule has 0 bridgehead atoms. The average molecular weight is 441 g/mol. The molecule has 162 valence electrons. The van der Waals surface area contributed by atoms with Crippen LogP contribution in [0.25, 0.3) is 0 Å². The quantitative estimate of drug-likeness (QED) is 0.350. The van der Waals surface area contributed by atoms with Gasteiger partial charge >= 0.3 is 8.25 Å². The fourth-order valence-corrected chi connectivity index (χ4v) is 3.87. The Balaban J connectivity index is 2.16. The Bertz CT molecular complexity index is 926. The fraction of sp³-hybridized carbons (Fsp3) is 0.250. The molecule has 2 unspecified atom stereocenters. The summed E-state index contributed by atoms with van der Waals surface area (Å²) in [5, 5.41) is 0. The summed E-state index contributed by atoms with van der Waals surface area (Å²) in [7, 11) is 0.513. The van der Waals surface area contributed by atoms with Crippen molar-refractivity contribution >= 4 is 8.25 Å². The molecule has 0 spiro atoms. The van der Waals surface area contributed by atoms with Gasteiger partial charge in [0.05, 0.1) is 20.8 Å². The lowest BCUT2D eigenvalue weighted by Gasteiger charge is -2.36. The third-order valence-electron chi connectivity index (χ3n) is 4.98. The SMILES string of the molecule is COc1ccc(C(OCC(C)O[P+](=O)O)(c2ccccc2)c2ccc(OC)cc2)cc1. The molecule has 0 aromatic heterocycles. The van der Waals surface area contributed by atoms with Gasteiger partial charge in [0.15, 0.2) is 0 Å². The lowest BCUT2D eigenvalue weighted by Crippen LogP contribution is -2.35. The highest BCUT2D eigenvalue weighted by molar-refractivity contribution is 7.32. The Hall–Kier alpha value is -2.76. The van der Waals surface area contributed by atoms with E-state index in [-0.39, 0.29) is 6.61 Å². The van der Waals surface area contributed by atoms with Gasteiger partial charge in [-0.25, -0.2) is 0 Å². The standard InChI is InChI=1S/C24H25O6P/c1-18(30-31(25)26)17-29-24(19-7-5-4-6-8-19,20-9-13-22(27-2)14-10-20)21-11-15-23(28-3)16-12-21/h4-16,18H,17H2,1-3H3/p+1. The zero-order valence-corrected chi connectivity index (χ0v) is 18.6. The predicted molar refractivity (Wildman–Crippen MR) is 119 cm³/mol. The molecule has 3 aromatic rings. The largest absolute Gasteiger partial charge is 0.695 e. The highest BCUT2D eigenvalue weighted by Gasteiger charge is 2.39. The van der Waals surface area contributed by atoms with Crippen molar-refractivity contribution in [2.75, 3.05) is 20.8 Å². The molecule has 3 rings (SSSR count). The minimum atomic E-state index is -2.73. The fourth-order valence-electron chi connectivity index (χ4n) is 3.50. The Kier molecular flexibility index (Phi) is 7.77. The zero-order valence-electron chi connectivity index (χ0n) is 17.7. The normalized spacial score (nSPS) is 12.8. The van der Waals surface area contributed by atoms with Crippen LogP contribution in [0, 0.1) is 0 Å². The number of rotatable bonds is 10. The number of benzene rings is 3. The van der Waals surface area contributed by atoms with Gasteiger partial charge in [0.25, 0.3) is 0 Å². The van der Waals surface area contributed by atoms with Crippen molar-refractivity contribution in [2.45, 2.75) is 18.6 Å². The van der Waals surface area contributed by atoms with Gasteiger partial charge in [-0.2, -0.15) is 0 Å². The van der Waals surface area contributed by atoms with E-state index in [9.17, 15) is 4.57 Å². The van der Waals surface area contributed by atoms with Gasteiger partial charge < -0.3 is 14.2 Å². The summed E-state index contributed by atoms with van der Waals surface area (Å²) in [6, 6.07) is 25.2. The van der Waals surface area contributed by atoms with Gasteiger partial charge in [-0.3, -0.25) is 0 Å². The summed E-state index contributed by atoms with van der Waals surface area (Å²) in [6.07, 6.45) is -0.590. The van der Waals surface area contributed by atoms with Crippen LogP contribution in [0.4, 0.5) is 0 Å². The molecule has 0 amide bonds. The number of hydrogen-bond donors (Lipinski definition) is 1. The van der Waals surface area contributed by atoms with E-state index < -0.39 is 20.0 Å². The number of ether oxygens (including phenoxy) is 3. The monoisotopic (exact) mass is 441 g/mol. The van der Waals surface area contributed by atoms with Crippen molar-refractivity contribution in [3.05, 3.63) is 95.6 Å². The lowest BCUT2D eigenvalue weighted by atomic mass is 9.80. The molecule has 0 heterocycles. The maximum Gasteiger partial charge on any atom is 0.695 e. The minimum Gasteiger partial charge on any atom is -0.497 e. The van der Waals surface area contributed by atoms with Gasteiger partial charge in [0, 0.05) is 4.57 Å². The van der Waals surface area contributed by atoms with Crippen molar-refractivity contribution in [3.63, 3.8) is 0 Å². The van der Waals surface area contributed by atoms with E-state index in [1.807, 2.05) is 78.9 Å². The van der Waals surface area contributed by atoms with E-state index in [1.165, 1.54) is 0 Å². The highest BCUT2D eigenvalue weighted by atomic mass is 31.1. The summed E-state index contributed by atoms with van der Waals surface area (Å²) in [4.78, 5) is 9.12. The molecular weight excluding hydrogens is 415 g/mol. The molecule has 7 heteroatoms. The third kappa shape index (κ3) is 5.30. The molecule has 2 atom stereocenters. The summed E-state index contributed by atoms with van der Waals surface area (Å²) < 4.78 is 33.4. The molecule has 0 aliphatic heterocycles. The van der Waals surface area contributed by atoms with E-state index >= 15 is 0 Å². The molecule has 0 fully saturated rings. The molecule has 31 heavy (non-hydrogen) atoms. The van der Waals surface area contributed by atoms with Crippen molar-refractivity contribution in [2.24, 2.45) is 0 Å². The Morgan fingerprint density at radius 2 is 1.26 bits per heavy atom. The molecule has 0 aliphatic rings. The first-order chi connectivity index (χ1) is 15.0. The van der Waals surface area contributed by atoms with E-state index in [1.54, 1.807) is 21.1 Å². The summed E-state index contributed by atoms with van der Waals surface area (Å²) in [5.41, 5.74) is 1.68. The Morgan fingerprint density at radius 1 is 0.806 bits per heavy atom. The first-order valence-corrected chi connectivity index (χ1v) is 10.9. The van der Waals surface area contributed by atoms with Gasteiger partial charge in [0.1, 0.15) is 23.2 Å². The highest BCUT2D eigenvalue weighted by Crippen LogP contribution is 2.42. The Labute approximate surface area is 183 Å². The van der Waals surface area contributed by atoms with Crippen molar-refractivity contribution in [3.8, 4) is 11.5 Å². The summed E-state index contributed by atoms with van der Waals surface area (Å²) >= 11 is 0. The van der Waals surface area contributed by atoms with Gasteiger partial charge in [-0.15, -0.1) is 9.42 Å². The van der Waals surface area contributed by atoms with Gasteiger partial charge in [-0.1, -0.05) is 54.6 Å². The Morgan fingerprint density at radius 3 is 1.68 bits per heavy atom.